The fourth-order valence-electron chi connectivity index (χ4n) is 2.06. The monoisotopic (exact) mass is 350 g/mol. The van der Waals surface area contributed by atoms with Gasteiger partial charge in [0.25, 0.3) is 5.89 Å². The third-order valence-corrected chi connectivity index (χ3v) is 3.36. The van der Waals surface area contributed by atoms with Gasteiger partial charge in [0, 0.05) is 5.56 Å². The van der Waals surface area contributed by atoms with Gasteiger partial charge in [-0.15, -0.1) is 0 Å². The highest BCUT2D eigenvalue weighted by Gasteiger charge is 2.30. The average molecular weight is 350 g/mol. The van der Waals surface area contributed by atoms with Gasteiger partial charge in [-0.1, -0.05) is 17.3 Å². The van der Waals surface area contributed by atoms with Crippen molar-refractivity contribution in [1.29, 1.82) is 0 Å². The van der Waals surface area contributed by atoms with E-state index in [4.69, 9.17) is 14.0 Å². The van der Waals surface area contributed by atoms with E-state index in [1.54, 1.807) is 31.4 Å². The summed E-state index contributed by atoms with van der Waals surface area (Å²) in [4.78, 5) is 4.11. The van der Waals surface area contributed by atoms with Gasteiger partial charge in [-0.3, -0.25) is 0 Å². The van der Waals surface area contributed by atoms with Crippen molar-refractivity contribution in [3.63, 3.8) is 0 Å². The third kappa shape index (κ3) is 4.09. The molecule has 0 atom stereocenters. The van der Waals surface area contributed by atoms with Gasteiger partial charge < -0.3 is 14.0 Å². The molecule has 0 fully saturated rings. The minimum atomic E-state index is -4.38. The zero-order chi connectivity index (χ0) is 17.9. The first-order chi connectivity index (χ1) is 12.0. The summed E-state index contributed by atoms with van der Waals surface area (Å²) in [5.41, 5.74) is -0.310. The van der Waals surface area contributed by atoms with E-state index in [0.717, 1.165) is 12.1 Å². The van der Waals surface area contributed by atoms with Crippen LogP contribution in [0.2, 0.25) is 0 Å². The Morgan fingerprint density at radius 1 is 0.960 bits per heavy atom. The van der Waals surface area contributed by atoms with E-state index in [2.05, 4.69) is 10.1 Å². The van der Waals surface area contributed by atoms with Crippen LogP contribution in [0.3, 0.4) is 0 Å². The molecule has 0 N–H and O–H groups in total. The quantitative estimate of drug-likeness (QED) is 0.685. The number of hydrogen-bond acceptors (Lipinski definition) is 5. The normalized spacial score (nSPS) is 11.4. The Balaban J connectivity index is 1.65. The molecule has 3 rings (SSSR count). The molecular weight excluding hydrogens is 337 g/mol. The molecule has 0 spiro atoms. The molecule has 0 unspecified atom stereocenters. The van der Waals surface area contributed by atoms with Crippen molar-refractivity contribution in [1.82, 2.24) is 10.1 Å². The number of aromatic nitrogens is 2. The minimum Gasteiger partial charge on any atom is -0.497 e. The topological polar surface area (TPSA) is 57.4 Å². The first-order valence-electron chi connectivity index (χ1n) is 7.23. The molecule has 1 heterocycles. The third-order valence-electron chi connectivity index (χ3n) is 3.36. The molecule has 0 bridgehead atoms. The number of alkyl halides is 3. The van der Waals surface area contributed by atoms with Crippen molar-refractivity contribution >= 4 is 0 Å². The van der Waals surface area contributed by atoms with Gasteiger partial charge in [-0.2, -0.15) is 18.2 Å². The second-order valence-corrected chi connectivity index (χ2v) is 5.05. The summed E-state index contributed by atoms with van der Waals surface area (Å²) in [6.07, 6.45) is -4.38. The van der Waals surface area contributed by atoms with Crippen molar-refractivity contribution in [2.75, 3.05) is 7.11 Å². The van der Waals surface area contributed by atoms with E-state index in [0.29, 0.717) is 17.1 Å². The molecular formula is C17H13F3N2O3. The zero-order valence-corrected chi connectivity index (χ0v) is 13.1. The first kappa shape index (κ1) is 16.8. The molecule has 0 saturated carbocycles. The molecule has 25 heavy (non-hydrogen) atoms. The first-order valence-corrected chi connectivity index (χ1v) is 7.23. The average Bonchev–Trinajstić information content (AvgIpc) is 3.09. The van der Waals surface area contributed by atoms with Crippen LogP contribution in [0.4, 0.5) is 13.2 Å². The minimum absolute atomic E-state index is 0.0416. The molecule has 0 aliphatic carbocycles. The highest BCUT2D eigenvalue weighted by molar-refractivity contribution is 5.54. The van der Waals surface area contributed by atoms with Crippen LogP contribution >= 0.6 is 0 Å². The molecule has 2 aromatic carbocycles. The second-order valence-electron chi connectivity index (χ2n) is 5.05. The smallest absolute Gasteiger partial charge is 0.416 e. The Morgan fingerprint density at radius 3 is 2.20 bits per heavy atom. The maximum Gasteiger partial charge on any atom is 0.416 e. The lowest BCUT2D eigenvalue weighted by Gasteiger charge is -2.05. The number of ether oxygens (including phenoxy) is 2. The van der Waals surface area contributed by atoms with Crippen LogP contribution in [0.1, 0.15) is 11.5 Å². The number of nitrogens with zero attached hydrogens (tertiary/aromatic N) is 2. The summed E-state index contributed by atoms with van der Waals surface area (Å²) in [7, 11) is 1.57. The standard InChI is InChI=1S/C17H13F3N2O3/c1-23-13-6-8-14(9-7-13)24-10-15-21-16(22-25-15)11-2-4-12(5-3-11)17(18,19)20/h2-9H,10H2,1H3. The SMILES string of the molecule is COc1ccc(OCc2nc(-c3ccc(C(F)(F)F)cc3)no2)cc1. The van der Waals surface area contributed by atoms with Gasteiger partial charge in [0.15, 0.2) is 6.61 Å². The highest BCUT2D eigenvalue weighted by Crippen LogP contribution is 2.30. The molecule has 0 amide bonds. The Bertz CT molecular complexity index is 828. The summed E-state index contributed by atoms with van der Waals surface area (Å²) in [5, 5.41) is 3.75. The number of methoxy groups -OCH3 is 1. The lowest BCUT2D eigenvalue weighted by Crippen LogP contribution is -2.04. The summed E-state index contributed by atoms with van der Waals surface area (Å²) in [6, 6.07) is 11.5. The van der Waals surface area contributed by atoms with Gasteiger partial charge in [-0.05, 0) is 36.4 Å². The van der Waals surface area contributed by atoms with E-state index in [-0.39, 0.29) is 18.3 Å². The van der Waals surface area contributed by atoms with Crippen LogP contribution in [0.5, 0.6) is 11.5 Å². The summed E-state index contributed by atoms with van der Waals surface area (Å²) < 4.78 is 53.3. The van der Waals surface area contributed by atoms with Crippen LogP contribution < -0.4 is 9.47 Å². The van der Waals surface area contributed by atoms with E-state index < -0.39 is 11.7 Å². The predicted octanol–water partition coefficient (Wildman–Crippen LogP) is 4.34. The predicted molar refractivity (Wildman–Crippen MR) is 82.1 cm³/mol. The number of benzene rings is 2. The maximum atomic E-state index is 12.6. The number of halogens is 3. The maximum absolute atomic E-state index is 12.6. The van der Waals surface area contributed by atoms with Gasteiger partial charge in [0.2, 0.25) is 5.82 Å². The van der Waals surface area contributed by atoms with Crippen LogP contribution in [0.25, 0.3) is 11.4 Å². The van der Waals surface area contributed by atoms with Gasteiger partial charge in [0.1, 0.15) is 11.5 Å². The van der Waals surface area contributed by atoms with Crippen LogP contribution in [-0.2, 0) is 12.8 Å². The largest absolute Gasteiger partial charge is 0.497 e. The van der Waals surface area contributed by atoms with Crippen molar-refractivity contribution in [2.24, 2.45) is 0 Å². The van der Waals surface area contributed by atoms with Gasteiger partial charge >= 0.3 is 6.18 Å². The van der Waals surface area contributed by atoms with Crippen molar-refractivity contribution in [2.45, 2.75) is 12.8 Å². The fraction of sp³-hybridized carbons (Fsp3) is 0.176. The molecule has 0 radical (unpaired) electrons. The van der Waals surface area contributed by atoms with E-state index >= 15 is 0 Å². The Morgan fingerprint density at radius 2 is 1.60 bits per heavy atom. The molecule has 0 aliphatic rings. The lowest BCUT2D eigenvalue weighted by atomic mass is 10.1. The highest BCUT2D eigenvalue weighted by atomic mass is 19.4. The molecule has 8 heteroatoms. The van der Waals surface area contributed by atoms with Crippen molar-refractivity contribution < 1.29 is 27.2 Å². The summed E-state index contributed by atoms with van der Waals surface area (Å²) in [5.74, 6) is 1.71. The van der Waals surface area contributed by atoms with Gasteiger partial charge in [-0.25, -0.2) is 0 Å². The molecule has 3 aromatic rings. The van der Waals surface area contributed by atoms with E-state index in [9.17, 15) is 13.2 Å². The lowest BCUT2D eigenvalue weighted by molar-refractivity contribution is -0.137. The molecule has 130 valence electrons. The molecule has 0 saturated heterocycles. The summed E-state index contributed by atoms with van der Waals surface area (Å²) in [6.45, 7) is 0.0416. The molecule has 0 aliphatic heterocycles. The second kappa shape index (κ2) is 6.84. The Kier molecular flexibility index (Phi) is 4.60. The molecule has 1 aromatic heterocycles. The molecule has 5 nitrogen and oxygen atoms in total. The number of hydrogen-bond donors (Lipinski definition) is 0. The zero-order valence-electron chi connectivity index (χ0n) is 13.1. The van der Waals surface area contributed by atoms with Gasteiger partial charge in [0.05, 0.1) is 12.7 Å². The Labute approximate surface area is 141 Å². The van der Waals surface area contributed by atoms with Crippen molar-refractivity contribution in [3.8, 4) is 22.9 Å². The summed E-state index contributed by atoms with van der Waals surface area (Å²) >= 11 is 0. The van der Waals surface area contributed by atoms with Crippen LogP contribution in [0.15, 0.2) is 53.1 Å². The fourth-order valence-corrected chi connectivity index (χ4v) is 2.06. The van der Waals surface area contributed by atoms with Crippen LogP contribution in [0, 0.1) is 0 Å². The van der Waals surface area contributed by atoms with Crippen molar-refractivity contribution in [3.05, 3.63) is 60.0 Å². The van der Waals surface area contributed by atoms with Crippen LogP contribution in [-0.4, -0.2) is 17.3 Å². The van der Waals surface area contributed by atoms with E-state index in [1.807, 2.05) is 0 Å². The Hall–Kier alpha value is -3.03. The number of rotatable bonds is 5. The van der Waals surface area contributed by atoms with E-state index in [1.165, 1.54) is 12.1 Å².